The number of aromatic nitrogens is 3. The third-order valence-corrected chi connectivity index (χ3v) is 6.16. The molecule has 2 aromatic heterocycles. The molecule has 4 rings (SSSR count). The molecule has 0 atom stereocenters. The minimum Gasteiger partial charge on any atom is -0.490 e. The lowest BCUT2D eigenvalue weighted by Gasteiger charge is -2.16. The fraction of sp³-hybridized carbons (Fsp3) is 0.226. The Hall–Kier alpha value is -4.96. The minimum atomic E-state index is -0.376. The molecule has 2 heterocycles. The van der Waals surface area contributed by atoms with Gasteiger partial charge in [0.25, 0.3) is 0 Å². The van der Waals surface area contributed by atoms with E-state index in [4.69, 9.17) is 9.72 Å². The van der Waals surface area contributed by atoms with Gasteiger partial charge >= 0.3 is 6.03 Å². The van der Waals surface area contributed by atoms with Crippen LogP contribution in [0.25, 0.3) is 17.5 Å². The maximum Gasteiger partial charge on any atom is 0.323 e. The first-order valence-corrected chi connectivity index (χ1v) is 13.2. The number of likely N-dealkylation sites (N-methyl/N-ethyl adjacent to an activating group) is 1. The van der Waals surface area contributed by atoms with Gasteiger partial charge in [0, 0.05) is 56.2 Å². The first kappa shape index (κ1) is 29.0. The Morgan fingerprint density at radius 1 is 1.12 bits per heavy atom. The van der Waals surface area contributed by atoms with Crippen molar-refractivity contribution in [1.29, 1.82) is 0 Å². The first-order chi connectivity index (χ1) is 19.9. The number of pyridine rings is 1. The standard InChI is InChI=1S/C31H36N8O2/c1-6-39-21-27(36-29(30(39)32-3)34-20-23-12-14-33-15-13-23)24-8-7-9-25(19-24)35-31(40)37-26-18-22(2)10-11-28(26)41-17-16-38(4)5/h6-15,18-19,21H,1,16-17,20H2,2-5H3,(H,34,36)(H2,35,37,40). The molecule has 0 aliphatic heterocycles. The Balaban J connectivity index is 1.53. The number of amides is 2. The van der Waals surface area contributed by atoms with Crippen LogP contribution < -0.4 is 26.2 Å². The second-order valence-electron chi connectivity index (χ2n) is 9.63. The highest BCUT2D eigenvalue weighted by molar-refractivity contribution is 6.01. The van der Waals surface area contributed by atoms with Crippen molar-refractivity contribution in [2.75, 3.05) is 50.2 Å². The molecule has 4 aromatic rings. The number of nitrogens with zero attached hydrogens (tertiary/aromatic N) is 5. The first-order valence-electron chi connectivity index (χ1n) is 13.2. The number of rotatable bonds is 11. The largest absolute Gasteiger partial charge is 0.490 e. The summed E-state index contributed by atoms with van der Waals surface area (Å²) in [4.78, 5) is 28.3. The van der Waals surface area contributed by atoms with E-state index >= 15 is 0 Å². The topological polar surface area (TPSA) is 109 Å². The molecule has 2 aromatic carbocycles. The summed E-state index contributed by atoms with van der Waals surface area (Å²) < 4.78 is 7.73. The van der Waals surface area contributed by atoms with Gasteiger partial charge in [-0.25, -0.2) is 9.78 Å². The summed E-state index contributed by atoms with van der Waals surface area (Å²) in [6.07, 6.45) is 7.04. The van der Waals surface area contributed by atoms with Gasteiger partial charge in [-0.05, 0) is 68.5 Å². The summed E-state index contributed by atoms with van der Waals surface area (Å²) in [7, 11) is 5.68. The van der Waals surface area contributed by atoms with Crippen LogP contribution in [0.3, 0.4) is 0 Å². The average molecular weight is 553 g/mol. The van der Waals surface area contributed by atoms with Gasteiger partial charge in [0.1, 0.15) is 12.4 Å². The van der Waals surface area contributed by atoms with E-state index < -0.39 is 0 Å². The average Bonchev–Trinajstić information content (AvgIpc) is 2.97. The maximum absolute atomic E-state index is 13.0. The Bertz CT molecular complexity index is 1560. The molecule has 0 saturated carbocycles. The summed E-state index contributed by atoms with van der Waals surface area (Å²) in [6.45, 7) is 7.73. The number of ether oxygens (including phenoxy) is 1. The number of aryl methyl sites for hydroxylation is 1. The van der Waals surface area contributed by atoms with Gasteiger partial charge in [0.15, 0.2) is 11.3 Å². The third kappa shape index (κ3) is 8.02. The number of nitrogens with one attached hydrogen (secondary N) is 3. The Kier molecular flexibility index (Phi) is 9.85. The molecule has 0 bridgehead atoms. The number of carbonyl (C=O) groups excluding carboxylic acids is 1. The molecule has 0 aliphatic rings. The number of urea groups is 1. The molecule has 10 nitrogen and oxygen atoms in total. The van der Waals surface area contributed by atoms with E-state index in [9.17, 15) is 4.79 Å². The number of hydrogen-bond acceptors (Lipinski definition) is 7. The highest BCUT2D eigenvalue weighted by Gasteiger charge is 2.12. The van der Waals surface area contributed by atoms with Gasteiger partial charge in [-0.3, -0.25) is 9.98 Å². The SMILES string of the molecule is C=Cn1cc(-c2cccc(NC(=O)Nc3cc(C)ccc3OCCN(C)C)c2)nc(NCc2ccncc2)c1=NC. The number of anilines is 3. The van der Waals surface area contributed by atoms with Gasteiger partial charge in [-0.2, -0.15) is 0 Å². The molecule has 0 aliphatic carbocycles. The van der Waals surface area contributed by atoms with Crippen molar-refractivity contribution in [3.8, 4) is 17.0 Å². The molecule has 0 spiro atoms. The Morgan fingerprint density at radius 2 is 1.93 bits per heavy atom. The van der Waals surface area contributed by atoms with Gasteiger partial charge < -0.3 is 30.2 Å². The molecule has 0 radical (unpaired) electrons. The van der Waals surface area contributed by atoms with Crippen LogP contribution in [0.4, 0.5) is 22.0 Å². The normalized spacial score (nSPS) is 11.3. The van der Waals surface area contributed by atoms with Crippen LogP contribution in [0.15, 0.2) is 84.8 Å². The number of benzene rings is 2. The second-order valence-corrected chi connectivity index (χ2v) is 9.63. The highest BCUT2D eigenvalue weighted by atomic mass is 16.5. The van der Waals surface area contributed by atoms with E-state index in [0.717, 1.165) is 23.2 Å². The Morgan fingerprint density at radius 3 is 2.66 bits per heavy atom. The quantitative estimate of drug-likeness (QED) is 0.239. The van der Waals surface area contributed by atoms with Crippen LogP contribution in [0.1, 0.15) is 11.1 Å². The molecule has 0 unspecified atom stereocenters. The monoisotopic (exact) mass is 552 g/mol. The summed E-state index contributed by atoms with van der Waals surface area (Å²) in [6, 6.07) is 16.7. The number of carbonyl (C=O) groups is 1. The zero-order chi connectivity index (χ0) is 29.2. The fourth-order valence-electron chi connectivity index (χ4n) is 4.07. The predicted octanol–water partition coefficient (Wildman–Crippen LogP) is 5.08. The zero-order valence-electron chi connectivity index (χ0n) is 23.9. The van der Waals surface area contributed by atoms with Crippen molar-refractivity contribution in [1.82, 2.24) is 19.4 Å². The number of hydrogen-bond donors (Lipinski definition) is 3. The lowest BCUT2D eigenvalue weighted by atomic mass is 10.1. The summed E-state index contributed by atoms with van der Waals surface area (Å²) in [5.74, 6) is 1.23. The van der Waals surface area contributed by atoms with E-state index in [-0.39, 0.29) is 6.03 Å². The summed E-state index contributed by atoms with van der Waals surface area (Å²) in [5.41, 5.74) is 5.45. The molecular weight excluding hydrogens is 516 g/mol. The smallest absolute Gasteiger partial charge is 0.323 e. The van der Waals surface area contributed by atoms with Crippen LogP contribution >= 0.6 is 0 Å². The van der Waals surface area contributed by atoms with Crippen LogP contribution in [0.5, 0.6) is 5.75 Å². The van der Waals surface area contributed by atoms with E-state index in [1.54, 1.807) is 25.6 Å². The highest BCUT2D eigenvalue weighted by Crippen LogP contribution is 2.27. The van der Waals surface area contributed by atoms with Gasteiger partial charge in [-0.15, -0.1) is 0 Å². The second kappa shape index (κ2) is 13.9. The Labute approximate surface area is 240 Å². The molecular formula is C31H36N8O2. The van der Waals surface area contributed by atoms with Crippen LogP contribution in [0.2, 0.25) is 0 Å². The van der Waals surface area contributed by atoms with E-state index in [1.807, 2.05) is 91.3 Å². The van der Waals surface area contributed by atoms with E-state index in [0.29, 0.717) is 47.3 Å². The van der Waals surface area contributed by atoms with E-state index in [2.05, 4.69) is 32.5 Å². The fourth-order valence-corrected chi connectivity index (χ4v) is 4.07. The summed E-state index contributed by atoms with van der Waals surface area (Å²) >= 11 is 0. The zero-order valence-corrected chi connectivity index (χ0v) is 23.9. The van der Waals surface area contributed by atoms with Crippen LogP contribution in [-0.2, 0) is 6.54 Å². The molecule has 41 heavy (non-hydrogen) atoms. The molecule has 212 valence electrons. The predicted molar refractivity (Wildman–Crippen MR) is 165 cm³/mol. The van der Waals surface area contributed by atoms with Crippen molar-refractivity contribution in [2.45, 2.75) is 13.5 Å². The third-order valence-electron chi connectivity index (χ3n) is 6.16. The van der Waals surface area contributed by atoms with E-state index in [1.165, 1.54) is 0 Å². The molecule has 0 saturated heterocycles. The minimum absolute atomic E-state index is 0.376. The summed E-state index contributed by atoms with van der Waals surface area (Å²) in [5, 5.41) is 9.22. The van der Waals surface area contributed by atoms with Crippen LogP contribution in [0, 0.1) is 6.92 Å². The van der Waals surface area contributed by atoms with Crippen LogP contribution in [-0.4, -0.2) is 59.8 Å². The molecule has 0 fully saturated rings. The van der Waals surface area contributed by atoms with Gasteiger partial charge in [-0.1, -0.05) is 24.8 Å². The molecule has 10 heteroatoms. The van der Waals surface area contributed by atoms with Gasteiger partial charge in [0.05, 0.1) is 11.4 Å². The van der Waals surface area contributed by atoms with Gasteiger partial charge in [0.2, 0.25) is 0 Å². The lowest BCUT2D eigenvalue weighted by Crippen LogP contribution is -2.23. The van der Waals surface area contributed by atoms with Crippen molar-refractivity contribution in [3.63, 3.8) is 0 Å². The van der Waals surface area contributed by atoms with Crippen molar-refractivity contribution in [2.24, 2.45) is 4.99 Å². The molecule has 2 amide bonds. The molecule has 3 N–H and O–H groups in total. The lowest BCUT2D eigenvalue weighted by molar-refractivity contribution is 0.258. The van der Waals surface area contributed by atoms with Crippen molar-refractivity contribution >= 4 is 29.4 Å². The van der Waals surface area contributed by atoms with Crippen molar-refractivity contribution in [3.05, 3.63) is 96.4 Å². The maximum atomic E-state index is 13.0. The van der Waals surface area contributed by atoms with Crippen molar-refractivity contribution < 1.29 is 9.53 Å².